The Morgan fingerprint density at radius 2 is 2.29 bits per heavy atom. The molecule has 0 aromatic carbocycles. The average molecular weight is 251 g/mol. The van der Waals surface area contributed by atoms with Gasteiger partial charge in [-0.1, -0.05) is 18.3 Å². The van der Waals surface area contributed by atoms with Crippen molar-refractivity contribution in [2.24, 2.45) is 0 Å². The third-order valence-electron chi connectivity index (χ3n) is 2.52. The van der Waals surface area contributed by atoms with Gasteiger partial charge in [0, 0.05) is 12.1 Å². The van der Waals surface area contributed by atoms with E-state index < -0.39 is 0 Å². The monoisotopic (exact) mass is 251 g/mol. The number of nitrogens with one attached hydrogen (secondary N) is 2. The molecule has 92 valence electrons. The fraction of sp³-hybridized carbons (Fsp3) is 0.545. The van der Waals surface area contributed by atoms with E-state index in [0.29, 0.717) is 0 Å². The van der Waals surface area contributed by atoms with Crippen LogP contribution in [0.3, 0.4) is 0 Å². The summed E-state index contributed by atoms with van der Waals surface area (Å²) in [6.45, 7) is 6.17. The molecule has 2 heterocycles. The van der Waals surface area contributed by atoms with Crippen LogP contribution < -0.4 is 5.32 Å². The Morgan fingerprint density at radius 1 is 1.41 bits per heavy atom. The number of nitrogens with zero attached hydrogens (tertiary/aromatic N) is 3. The fourth-order valence-corrected chi connectivity index (χ4v) is 2.52. The molecule has 2 rings (SSSR count). The van der Waals surface area contributed by atoms with Crippen molar-refractivity contribution in [3.8, 4) is 10.6 Å². The second-order valence-corrected chi connectivity index (χ2v) is 4.93. The Bertz CT molecular complexity index is 462. The molecule has 6 heteroatoms. The van der Waals surface area contributed by atoms with Gasteiger partial charge in [0.25, 0.3) is 0 Å². The molecular weight excluding hydrogens is 234 g/mol. The molecule has 2 aromatic rings. The van der Waals surface area contributed by atoms with Crippen molar-refractivity contribution in [1.82, 2.24) is 25.7 Å². The van der Waals surface area contributed by atoms with Crippen molar-refractivity contribution >= 4 is 11.3 Å². The summed E-state index contributed by atoms with van der Waals surface area (Å²) in [6.07, 6.45) is 3.90. The van der Waals surface area contributed by atoms with Crippen LogP contribution in [0.25, 0.3) is 10.6 Å². The first-order valence-electron chi connectivity index (χ1n) is 5.84. The number of hydrogen-bond acceptors (Lipinski definition) is 5. The van der Waals surface area contributed by atoms with Gasteiger partial charge in [-0.05, 0) is 26.4 Å². The molecule has 17 heavy (non-hydrogen) atoms. The van der Waals surface area contributed by atoms with Crippen molar-refractivity contribution in [3.63, 3.8) is 0 Å². The molecule has 0 aliphatic rings. The number of hydrogen-bond donors (Lipinski definition) is 2. The third kappa shape index (κ3) is 3.10. The van der Waals surface area contributed by atoms with Crippen LogP contribution in [0.1, 0.15) is 24.0 Å². The topological polar surface area (TPSA) is 66.5 Å². The van der Waals surface area contributed by atoms with E-state index in [4.69, 9.17) is 0 Å². The van der Waals surface area contributed by atoms with E-state index in [2.05, 4.69) is 32.6 Å². The standard InChI is InChI=1S/C11H17N5S/c1-3-12-6-4-5-10-15-16-11(17-10)9-7-13-14-8(9)2/h7,12H,3-6H2,1-2H3,(H,13,14). The molecule has 0 bridgehead atoms. The van der Waals surface area contributed by atoms with Gasteiger partial charge in [0.15, 0.2) is 5.01 Å². The minimum absolute atomic E-state index is 0.953. The highest BCUT2D eigenvalue weighted by Crippen LogP contribution is 2.25. The van der Waals surface area contributed by atoms with Gasteiger partial charge in [0.1, 0.15) is 5.01 Å². The number of aromatic nitrogens is 4. The minimum Gasteiger partial charge on any atom is -0.317 e. The van der Waals surface area contributed by atoms with Crippen LogP contribution >= 0.6 is 11.3 Å². The third-order valence-corrected chi connectivity index (χ3v) is 3.54. The smallest absolute Gasteiger partial charge is 0.151 e. The zero-order valence-electron chi connectivity index (χ0n) is 10.2. The summed E-state index contributed by atoms with van der Waals surface area (Å²) in [5, 5.41) is 20.7. The maximum absolute atomic E-state index is 4.21. The van der Waals surface area contributed by atoms with Gasteiger partial charge < -0.3 is 5.32 Å². The molecule has 2 aromatic heterocycles. The first-order valence-corrected chi connectivity index (χ1v) is 6.66. The van der Waals surface area contributed by atoms with Crippen LogP contribution in [0.2, 0.25) is 0 Å². The Balaban J connectivity index is 1.95. The molecule has 0 aliphatic heterocycles. The maximum Gasteiger partial charge on any atom is 0.151 e. The highest BCUT2D eigenvalue weighted by Gasteiger charge is 2.10. The van der Waals surface area contributed by atoms with Gasteiger partial charge in [-0.25, -0.2) is 0 Å². The number of rotatable bonds is 6. The maximum atomic E-state index is 4.21. The SMILES string of the molecule is CCNCCCc1nnc(-c2cn[nH]c2C)s1. The van der Waals surface area contributed by atoms with E-state index in [-0.39, 0.29) is 0 Å². The summed E-state index contributed by atoms with van der Waals surface area (Å²) in [7, 11) is 0. The van der Waals surface area contributed by atoms with Gasteiger partial charge in [-0.2, -0.15) is 5.10 Å². The van der Waals surface area contributed by atoms with Crippen molar-refractivity contribution in [3.05, 3.63) is 16.9 Å². The summed E-state index contributed by atoms with van der Waals surface area (Å²) in [6, 6.07) is 0. The second kappa shape index (κ2) is 5.88. The van der Waals surface area contributed by atoms with Crippen LogP contribution in [0.15, 0.2) is 6.20 Å². The summed E-state index contributed by atoms with van der Waals surface area (Å²) in [4.78, 5) is 0. The molecule has 0 radical (unpaired) electrons. The predicted molar refractivity (Wildman–Crippen MR) is 69.1 cm³/mol. The summed E-state index contributed by atoms with van der Waals surface area (Å²) in [5.74, 6) is 0. The predicted octanol–water partition coefficient (Wildman–Crippen LogP) is 1.78. The molecule has 0 unspecified atom stereocenters. The van der Waals surface area contributed by atoms with Crippen molar-refractivity contribution in [1.29, 1.82) is 0 Å². The summed E-state index contributed by atoms with van der Waals surface area (Å²) in [5.41, 5.74) is 2.10. The molecule has 2 N–H and O–H groups in total. The van der Waals surface area contributed by atoms with E-state index >= 15 is 0 Å². The molecule has 0 saturated carbocycles. The number of aryl methyl sites for hydroxylation is 2. The first-order chi connectivity index (χ1) is 8.31. The van der Waals surface area contributed by atoms with Crippen LogP contribution in [-0.2, 0) is 6.42 Å². The molecule has 0 amide bonds. The fourth-order valence-electron chi connectivity index (χ4n) is 1.57. The average Bonchev–Trinajstić information content (AvgIpc) is 2.93. The highest BCUT2D eigenvalue weighted by molar-refractivity contribution is 7.14. The summed E-state index contributed by atoms with van der Waals surface area (Å²) < 4.78 is 0. The molecule has 0 aliphatic carbocycles. The van der Waals surface area contributed by atoms with Crippen LogP contribution in [-0.4, -0.2) is 33.5 Å². The van der Waals surface area contributed by atoms with Gasteiger partial charge >= 0.3 is 0 Å². The molecule has 0 fully saturated rings. The van der Waals surface area contributed by atoms with E-state index in [0.717, 1.165) is 47.2 Å². The lowest BCUT2D eigenvalue weighted by atomic mass is 10.3. The first kappa shape index (κ1) is 12.2. The van der Waals surface area contributed by atoms with E-state index in [1.807, 2.05) is 6.92 Å². The van der Waals surface area contributed by atoms with Gasteiger partial charge in [-0.3, -0.25) is 5.10 Å². The zero-order valence-corrected chi connectivity index (χ0v) is 11.0. The van der Waals surface area contributed by atoms with E-state index in [1.165, 1.54) is 0 Å². The van der Waals surface area contributed by atoms with Crippen LogP contribution in [0.5, 0.6) is 0 Å². The van der Waals surface area contributed by atoms with Gasteiger partial charge in [0.05, 0.1) is 11.8 Å². The largest absolute Gasteiger partial charge is 0.317 e. The van der Waals surface area contributed by atoms with E-state index in [9.17, 15) is 0 Å². The quantitative estimate of drug-likeness (QED) is 0.768. The van der Waals surface area contributed by atoms with E-state index in [1.54, 1.807) is 17.5 Å². The van der Waals surface area contributed by atoms with Crippen molar-refractivity contribution < 1.29 is 0 Å². The highest BCUT2D eigenvalue weighted by atomic mass is 32.1. The van der Waals surface area contributed by atoms with Gasteiger partial charge in [0.2, 0.25) is 0 Å². The van der Waals surface area contributed by atoms with Crippen LogP contribution in [0.4, 0.5) is 0 Å². The van der Waals surface area contributed by atoms with Crippen LogP contribution in [0, 0.1) is 6.92 Å². The lowest BCUT2D eigenvalue weighted by molar-refractivity contribution is 0.669. The van der Waals surface area contributed by atoms with Crippen molar-refractivity contribution in [2.45, 2.75) is 26.7 Å². The normalized spacial score (nSPS) is 10.9. The second-order valence-electron chi connectivity index (χ2n) is 3.87. The lowest BCUT2D eigenvalue weighted by Crippen LogP contribution is -2.14. The minimum atomic E-state index is 0.953. The molecular formula is C11H17N5S. The van der Waals surface area contributed by atoms with Gasteiger partial charge in [-0.15, -0.1) is 10.2 Å². The Hall–Kier alpha value is -1.27. The Kier molecular flexibility index (Phi) is 4.22. The molecule has 0 spiro atoms. The molecule has 0 saturated heterocycles. The lowest BCUT2D eigenvalue weighted by Gasteiger charge is -1.97. The number of aromatic amines is 1. The Morgan fingerprint density at radius 3 is 3.00 bits per heavy atom. The molecule has 0 atom stereocenters. The zero-order chi connectivity index (χ0) is 12.1. The Labute approximate surface area is 105 Å². The number of H-pyrrole nitrogens is 1. The molecule has 5 nitrogen and oxygen atoms in total. The summed E-state index contributed by atoms with van der Waals surface area (Å²) >= 11 is 1.65. The van der Waals surface area contributed by atoms with Crippen molar-refractivity contribution in [2.75, 3.05) is 13.1 Å².